The number of aliphatic carboxylic acids is 2. The molecule has 12 nitrogen and oxygen atoms in total. The molecule has 0 saturated heterocycles. The van der Waals surface area contributed by atoms with Crippen molar-refractivity contribution in [2.24, 2.45) is 10.8 Å². The number of carboxylic acids is 2. The molecule has 34 heavy (non-hydrogen) atoms. The fourth-order valence-corrected chi connectivity index (χ4v) is 1.98. The molecule has 0 aliphatic rings. The standard InChI is InChI=1S/2C10H19NO5.Al.Ca.5H/c2*1-10(2,6-12)8(15)9(16)11-5-3-4-7(13)14;;;;;;;/h2*8,12,15H,3-6H2,1-2H3,(H,11,16)(H,13,14);;;;;;;/t2*8-;;;;;;;/m00......./s1. The van der Waals surface area contributed by atoms with Gasteiger partial charge in [-0.25, -0.2) is 0 Å². The van der Waals surface area contributed by atoms with Gasteiger partial charge in [0, 0.05) is 36.8 Å². The van der Waals surface area contributed by atoms with Gasteiger partial charge in [-0.2, -0.15) is 0 Å². The molecule has 0 unspecified atom stereocenters. The van der Waals surface area contributed by atoms with E-state index in [0.717, 1.165) is 0 Å². The maximum atomic E-state index is 11.4. The Labute approximate surface area is 240 Å². The molecule has 0 rings (SSSR count). The molecule has 14 heteroatoms. The number of nitrogens with one attached hydrogen (secondary N) is 2. The first kappa shape index (κ1) is 40.7. The Morgan fingerprint density at radius 2 is 0.971 bits per heavy atom. The summed E-state index contributed by atoms with van der Waals surface area (Å²) < 4.78 is 0. The topological polar surface area (TPSA) is 214 Å². The summed E-state index contributed by atoms with van der Waals surface area (Å²) in [6.07, 6.45) is -2.04. The van der Waals surface area contributed by atoms with Crippen LogP contribution in [0.3, 0.4) is 0 Å². The van der Waals surface area contributed by atoms with Crippen molar-refractivity contribution < 1.29 is 49.8 Å². The van der Waals surface area contributed by atoms with Gasteiger partial charge in [-0.15, -0.1) is 0 Å². The molecule has 0 fully saturated rings. The van der Waals surface area contributed by atoms with E-state index in [2.05, 4.69) is 10.6 Å². The number of carbonyl (C=O) groups excluding carboxylic acids is 2. The van der Waals surface area contributed by atoms with Gasteiger partial charge in [0.05, 0.1) is 13.2 Å². The van der Waals surface area contributed by atoms with Crippen molar-refractivity contribution in [1.82, 2.24) is 10.6 Å². The Hall–Kier alpha value is -0.488. The van der Waals surface area contributed by atoms with Crippen LogP contribution >= 0.6 is 0 Å². The number of carbonyl (C=O) groups is 4. The van der Waals surface area contributed by atoms with Crippen LogP contribution in [0.1, 0.15) is 53.4 Å². The molecule has 0 bridgehead atoms. The first-order valence-corrected chi connectivity index (χ1v) is 10.2. The van der Waals surface area contributed by atoms with Gasteiger partial charge in [-0.1, -0.05) is 27.7 Å². The van der Waals surface area contributed by atoms with Crippen LogP contribution in [0.5, 0.6) is 0 Å². The number of hydrogen-bond donors (Lipinski definition) is 8. The number of rotatable bonds is 14. The second kappa shape index (κ2) is 20.7. The molecule has 0 saturated carbocycles. The third kappa shape index (κ3) is 18.8. The molecule has 0 aliphatic heterocycles. The second-order valence-corrected chi connectivity index (χ2v) is 8.68. The predicted molar refractivity (Wildman–Crippen MR) is 132 cm³/mol. The van der Waals surface area contributed by atoms with Gasteiger partial charge in [0.25, 0.3) is 0 Å². The van der Waals surface area contributed by atoms with E-state index in [1.807, 2.05) is 0 Å². The predicted octanol–water partition coefficient (Wildman–Crippen LogP) is -3.41. The first-order valence-electron chi connectivity index (χ1n) is 10.2. The van der Waals surface area contributed by atoms with Crippen molar-refractivity contribution in [1.29, 1.82) is 0 Å². The van der Waals surface area contributed by atoms with Gasteiger partial charge in [0.2, 0.25) is 11.8 Å². The van der Waals surface area contributed by atoms with Crippen LogP contribution in [-0.4, -0.2) is 148 Å². The molecule has 8 N–H and O–H groups in total. The quantitative estimate of drug-likeness (QED) is 0.0810. The Kier molecular flexibility index (Phi) is 24.7. The third-order valence-electron chi connectivity index (χ3n) is 4.53. The van der Waals surface area contributed by atoms with Crippen LogP contribution in [0.15, 0.2) is 0 Å². The van der Waals surface area contributed by atoms with E-state index >= 15 is 0 Å². The summed E-state index contributed by atoms with van der Waals surface area (Å²) in [6, 6.07) is 0. The molecule has 198 valence electrons. The number of aliphatic hydroxyl groups excluding tert-OH is 4. The average Bonchev–Trinajstić information content (AvgIpc) is 2.72. The van der Waals surface area contributed by atoms with Crippen molar-refractivity contribution in [3.8, 4) is 0 Å². The molecule has 0 aromatic carbocycles. The van der Waals surface area contributed by atoms with Gasteiger partial charge in [0.1, 0.15) is 12.2 Å². The van der Waals surface area contributed by atoms with E-state index < -0.39 is 46.8 Å². The minimum absolute atomic E-state index is 0. The van der Waals surface area contributed by atoms with E-state index in [1.54, 1.807) is 27.7 Å². The number of carboxylic acid groups (broad SMARTS) is 2. The zero-order chi connectivity index (χ0) is 25.5. The van der Waals surface area contributed by atoms with Gasteiger partial charge in [-0.3, -0.25) is 19.2 Å². The van der Waals surface area contributed by atoms with Gasteiger partial charge in [-0.05, 0) is 12.8 Å². The molecule has 0 aromatic heterocycles. The number of amides is 2. The number of hydrogen-bond acceptors (Lipinski definition) is 8. The fourth-order valence-electron chi connectivity index (χ4n) is 1.98. The van der Waals surface area contributed by atoms with Crippen LogP contribution < -0.4 is 10.6 Å². The van der Waals surface area contributed by atoms with E-state index in [-0.39, 0.29) is 94.2 Å². The summed E-state index contributed by atoms with van der Waals surface area (Å²) in [5.74, 6) is -3.04. The van der Waals surface area contributed by atoms with E-state index in [4.69, 9.17) is 20.4 Å². The van der Waals surface area contributed by atoms with Crippen LogP contribution in [0.4, 0.5) is 0 Å². The summed E-state index contributed by atoms with van der Waals surface area (Å²) in [5.41, 5.74) is -1.81. The SMILES string of the molecule is CC(C)(CO)[C@@H](O)C(=O)NCCCC(=O)O.CC(C)(CO)[C@@H](O)C(=O)NCCCC(=O)O.[AlH3].[CaH2]. The molecule has 0 spiro atoms. The van der Waals surface area contributed by atoms with Crippen molar-refractivity contribution in [3.05, 3.63) is 0 Å². The van der Waals surface area contributed by atoms with Crippen LogP contribution in [0.2, 0.25) is 0 Å². The Morgan fingerprint density at radius 3 is 1.18 bits per heavy atom. The Balaban J connectivity index is -0.000000250. The Bertz CT molecular complexity index is 568. The maximum absolute atomic E-state index is 11.4. The molecule has 0 heterocycles. The first-order chi connectivity index (χ1) is 14.6. The zero-order valence-electron chi connectivity index (χ0n) is 19.1. The summed E-state index contributed by atoms with van der Waals surface area (Å²) in [6.45, 7) is 6.03. The second-order valence-electron chi connectivity index (χ2n) is 8.68. The van der Waals surface area contributed by atoms with Crippen molar-refractivity contribution in [3.63, 3.8) is 0 Å². The summed E-state index contributed by atoms with van der Waals surface area (Å²) in [5, 5.41) is 58.6. The molecule has 2 amide bonds. The monoisotopic (exact) mass is 538 g/mol. The molecular formula is C20H43AlCaN2O10. The Morgan fingerprint density at radius 1 is 0.706 bits per heavy atom. The van der Waals surface area contributed by atoms with Crippen LogP contribution in [-0.2, 0) is 19.2 Å². The van der Waals surface area contributed by atoms with Crippen LogP contribution in [0, 0.1) is 10.8 Å². The van der Waals surface area contributed by atoms with Crippen molar-refractivity contribution in [2.75, 3.05) is 26.3 Å². The average molecular weight is 539 g/mol. The van der Waals surface area contributed by atoms with E-state index in [1.165, 1.54) is 0 Å². The van der Waals surface area contributed by atoms with E-state index in [0.29, 0.717) is 12.8 Å². The van der Waals surface area contributed by atoms with Gasteiger partial charge < -0.3 is 41.3 Å². The van der Waals surface area contributed by atoms with Crippen LogP contribution in [0.25, 0.3) is 0 Å². The summed E-state index contributed by atoms with van der Waals surface area (Å²) in [7, 11) is 0. The van der Waals surface area contributed by atoms with Gasteiger partial charge in [0.15, 0.2) is 17.4 Å². The molecule has 0 radical (unpaired) electrons. The van der Waals surface area contributed by atoms with Gasteiger partial charge >= 0.3 is 49.7 Å². The molecule has 0 aliphatic carbocycles. The molecular weight excluding hydrogens is 495 g/mol. The number of aliphatic hydroxyl groups is 4. The van der Waals surface area contributed by atoms with Crippen molar-refractivity contribution in [2.45, 2.75) is 65.6 Å². The zero-order valence-corrected chi connectivity index (χ0v) is 19.1. The molecule has 0 aromatic rings. The third-order valence-corrected chi connectivity index (χ3v) is 4.53. The molecule has 2 atom stereocenters. The normalized spacial score (nSPS) is 12.5. The fraction of sp³-hybridized carbons (Fsp3) is 0.800. The summed E-state index contributed by atoms with van der Waals surface area (Å²) in [4.78, 5) is 43.1. The van der Waals surface area contributed by atoms with E-state index in [9.17, 15) is 29.4 Å². The minimum atomic E-state index is -1.30. The van der Waals surface area contributed by atoms with Crippen molar-refractivity contribution >= 4 is 78.9 Å². The summed E-state index contributed by atoms with van der Waals surface area (Å²) >= 11 is 0.